The summed E-state index contributed by atoms with van der Waals surface area (Å²) in [5.74, 6) is 1.59. The zero-order valence-electron chi connectivity index (χ0n) is 17.7. The van der Waals surface area contributed by atoms with Crippen molar-refractivity contribution in [1.29, 1.82) is 0 Å². The molecule has 1 aromatic heterocycles. The van der Waals surface area contributed by atoms with Gasteiger partial charge in [0.2, 0.25) is 11.9 Å². The van der Waals surface area contributed by atoms with E-state index in [1.807, 2.05) is 25.8 Å². The van der Waals surface area contributed by atoms with E-state index in [4.69, 9.17) is 4.74 Å². The molecule has 1 atom stereocenters. The van der Waals surface area contributed by atoms with Crippen LogP contribution in [-0.4, -0.2) is 48.2 Å². The van der Waals surface area contributed by atoms with E-state index in [0.717, 1.165) is 12.1 Å². The van der Waals surface area contributed by atoms with Gasteiger partial charge in [0, 0.05) is 33.0 Å². The number of hydrogen-bond donors (Lipinski definition) is 1. The minimum atomic E-state index is -4.36. The first-order valence-corrected chi connectivity index (χ1v) is 10.0. The molecule has 1 N–H and O–H groups in total. The fraction of sp³-hybridized carbons (Fsp3) is 0.476. The molecule has 0 saturated heterocycles. The highest BCUT2D eigenvalue weighted by molar-refractivity contribution is 6.04. The summed E-state index contributed by atoms with van der Waals surface area (Å²) in [6.45, 7) is 3.68. The molecule has 1 aliphatic carbocycles. The highest BCUT2D eigenvalue weighted by atomic mass is 19.4. The summed E-state index contributed by atoms with van der Waals surface area (Å²) in [6, 6.07) is 4.51. The molecule has 1 aromatic carbocycles. The van der Waals surface area contributed by atoms with Gasteiger partial charge in [-0.15, -0.1) is 0 Å². The van der Waals surface area contributed by atoms with Gasteiger partial charge in [-0.25, -0.2) is 4.98 Å². The Morgan fingerprint density at radius 1 is 1.13 bits per heavy atom. The maximum absolute atomic E-state index is 12.7. The number of aromatic nitrogens is 2. The van der Waals surface area contributed by atoms with Crippen LogP contribution in [0.15, 0.2) is 24.3 Å². The van der Waals surface area contributed by atoms with Crippen LogP contribution in [0.1, 0.15) is 31.0 Å². The van der Waals surface area contributed by atoms with Crippen molar-refractivity contribution in [3.05, 3.63) is 35.5 Å². The quantitative estimate of drug-likeness (QED) is 0.791. The molecule has 166 valence electrons. The smallest absolute Gasteiger partial charge is 0.416 e. The van der Waals surface area contributed by atoms with Crippen LogP contribution in [0.3, 0.4) is 0 Å². The van der Waals surface area contributed by atoms with Crippen LogP contribution in [0.5, 0.6) is 5.75 Å². The molecule has 10 heteroatoms. The van der Waals surface area contributed by atoms with Crippen LogP contribution in [-0.2, 0) is 11.0 Å². The number of halogens is 3. The predicted molar refractivity (Wildman–Crippen MR) is 111 cm³/mol. The summed E-state index contributed by atoms with van der Waals surface area (Å²) in [5, 5.41) is 3.29. The van der Waals surface area contributed by atoms with Gasteiger partial charge in [0.25, 0.3) is 0 Å². The Labute approximate surface area is 178 Å². The van der Waals surface area contributed by atoms with Crippen LogP contribution in [0, 0.1) is 6.92 Å². The zero-order valence-corrected chi connectivity index (χ0v) is 17.7. The van der Waals surface area contributed by atoms with Crippen molar-refractivity contribution in [3.63, 3.8) is 0 Å². The van der Waals surface area contributed by atoms with Crippen molar-refractivity contribution in [2.75, 3.05) is 29.2 Å². The first-order chi connectivity index (χ1) is 14.5. The van der Waals surface area contributed by atoms with Crippen LogP contribution in [0.4, 0.5) is 30.6 Å². The number of anilines is 3. The van der Waals surface area contributed by atoms with E-state index in [0.29, 0.717) is 41.7 Å². The maximum atomic E-state index is 12.7. The average molecular weight is 435 g/mol. The van der Waals surface area contributed by atoms with Gasteiger partial charge in [0.15, 0.2) is 5.82 Å². The number of ether oxygens (including phenoxy) is 1. The third kappa shape index (κ3) is 3.98. The second-order valence-electron chi connectivity index (χ2n) is 8.06. The van der Waals surface area contributed by atoms with Crippen LogP contribution >= 0.6 is 0 Å². The molecule has 1 fully saturated rings. The van der Waals surface area contributed by atoms with E-state index in [1.165, 1.54) is 12.1 Å². The number of amides is 1. The van der Waals surface area contributed by atoms with Crippen molar-refractivity contribution >= 4 is 23.4 Å². The van der Waals surface area contributed by atoms with Gasteiger partial charge in [-0.1, -0.05) is 0 Å². The minimum Gasteiger partial charge on any atom is -0.490 e. The summed E-state index contributed by atoms with van der Waals surface area (Å²) >= 11 is 0. The molecule has 0 radical (unpaired) electrons. The van der Waals surface area contributed by atoms with Gasteiger partial charge >= 0.3 is 6.18 Å². The van der Waals surface area contributed by atoms with E-state index in [-0.39, 0.29) is 24.1 Å². The first kappa shape index (κ1) is 21.2. The lowest BCUT2D eigenvalue weighted by Gasteiger charge is -2.38. The van der Waals surface area contributed by atoms with Crippen molar-refractivity contribution in [2.24, 2.45) is 0 Å². The number of aryl methyl sites for hydroxylation is 1. The van der Waals surface area contributed by atoms with Crippen LogP contribution in [0.2, 0.25) is 0 Å². The van der Waals surface area contributed by atoms with Crippen molar-refractivity contribution in [1.82, 2.24) is 9.97 Å². The zero-order chi connectivity index (χ0) is 22.5. The number of nitrogens with one attached hydrogen (secondary N) is 1. The molecule has 1 aliphatic heterocycles. The Kier molecular flexibility index (Phi) is 5.18. The van der Waals surface area contributed by atoms with Gasteiger partial charge in [-0.3, -0.25) is 4.79 Å². The fourth-order valence-corrected chi connectivity index (χ4v) is 3.87. The second-order valence-corrected chi connectivity index (χ2v) is 8.06. The Bertz CT molecular complexity index is 990. The number of nitrogens with zero attached hydrogens (tertiary/aromatic N) is 4. The number of benzene rings is 1. The molecule has 2 heterocycles. The lowest BCUT2D eigenvalue weighted by molar-refractivity contribution is -0.137. The fourth-order valence-electron chi connectivity index (χ4n) is 3.87. The second kappa shape index (κ2) is 7.58. The Morgan fingerprint density at radius 3 is 2.39 bits per heavy atom. The average Bonchev–Trinajstić information content (AvgIpc) is 2.68. The minimum absolute atomic E-state index is 0.00958. The third-order valence-electron chi connectivity index (χ3n) is 5.89. The summed E-state index contributed by atoms with van der Waals surface area (Å²) in [5.41, 5.74) is 0.715. The lowest BCUT2D eigenvalue weighted by Crippen LogP contribution is -2.50. The summed E-state index contributed by atoms with van der Waals surface area (Å²) in [7, 11) is 3.56. The molecule has 2 aliphatic rings. The summed E-state index contributed by atoms with van der Waals surface area (Å²) < 4.78 is 43.7. The van der Waals surface area contributed by atoms with Crippen LogP contribution in [0.25, 0.3) is 0 Å². The molecule has 1 saturated carbocycles. The Hall–Kier alpha value is -3.04. The van der Waals surface area contributed by atoms with Crippen molar-refractivity contribution < 1.29 is 22.7 Å². The number of fused-ring (bicyclic) bond motifs is 1. The molecular formula is C21H24F3N5O2. The standard InChI is InChI=1S/C21H24F3N5O2/c1-11-17-18(28(3)12(2)19(30)29(17)4)27-20(25-11)26-14-9-16(10-14)31-15-7-5-13(6-8-15)21(22,23)24/h5-8,12,14,16H,9-10H2,1-4H3,(H,25,26,27)/t12-,14-,16-/m0/s1. The molecule has 7 nitrogen and oxygen atoms in total. The molecule has 0 spiro atoms. The largest absolute Gasteiger partial charge is 0.490 e. The van der Waals surface area contributed by atoms with Gasteiger partial charge in [-0.2, -0.15) is 18.2 Å². The number of rotatable bonds is 4. The Balaban J connectivity index is 1.38. The van der Waals surface area contributed by atoms with Crippen molar-refractivity contribution in [3.8, 4) is 5.75 Å². The van der Waals surface area contributed by atoms with Gasteiger partial charge in [0.05, 0.1) is 11.3 Å². The molecule has 4 rings (SSSR count). The van der Waals surface area contributed by atoms with Gasteiger partial charge < -0.3 is 19.9 Å². The van der Waals surface area contributed by atoms with Crippen molar-refractivity contribution in [2.45, 2.75) is 51.1 Å². The number of hydrogen-bond acceptors (Lipinski definition) is 6. The van der Waals surface area contributed by atoms with Crippen LogP contribution < -0.4 is 19.9 Å². The summed E-state index contributed by atoms with van der Waals surface area (Å²) in [4.78, 5) is 24.9. The number of carbonyl (C=O) groups is 1. The molecule has 1 amide bonds. The third-order valence-corrected chi connectivity index (χ3v) is 5.89. The SMILES string of the molecule is Cc1nc(N[C@H]2C[C@H](Oc3ccc(C(F)(F)F)cc3)C2)nc2c1N(C)C(=O)[C@H](C)N2C. The lowest BCUT2D eigenvalue weighted by atomic mass is 9.89. The van der Waals surface area contributed by atoms with E-state index in [2.05, 4.69) is 15.3 Å². The highest BCUT2D eigenvalue weighted by Crippen LogP contribution is 2.37. The predicted octanol–water partition coefficient (Wildman–Crippen LogP) is 3.63. The normalized spacial score (nSPS) is 23.3. The topological polar surface area (TPSA) is 70.6 Å². The van der Waals surface area contributed by atoms with E-state index >= 15 is 0 Å². The van der Waals surface area contributed by atoms with E-state index in [9.17, 15) is 18.0 Å². The van der Waals surface area contributed by atoms with Gasteiger partial charge in [0.1, 0.15) is 23.6 Å². The highest BCUT2D eigenvalue weighted by Gasteiger charge is 2.36. The van der Waals surface area contributed by atoms with E-state index < -0.39 is 11.7 Å². The summed E-state index contributed by atoms with van der Waals surface area (Å²) in [6.07, 6.45) is -3.07. The number of carbonyl (C=O) groups excluding carboxylic acids is 1. The number of likely N-dealkylation sites (N-methyl/N-ethyl adjacent to an activating group) is 2. The van der Waals surface area contributed by atoms with Gasteiger partial charge in [-0.05, 0) is 38.1 Å². The molecule has 31 heavy (non-hydrogen) atoms. The first-order valence-electron chi connectivity index (χ1n) is 10.0. The maximum Gasteiger partial charge on any atom is 0.416 e. The van der Waals surface area contributed by atoms with E-state index in [1.54, 1.807) is 11.9 Å². The Morgan fingerprint density at radius 2 is 1.77 bits per heavy atom. The molecule has 0 bridgehead atoms. The molecule has 0 unspecified atom stereocenters. The molecule has 2 aromatic rings. The molecular weight excluding hydrogens is 411 g/mol. The number of alkyl halides is 3. The monoisotopic (exact) mass is 435 g/mol.